The molecule has 0 unspecified atom stereocenters. The molecule has 2 aromatic carbocycles. The Kier molecular flexibility index (Phi) is 8.98. The minimum absolute atomic E-state index is 0.0760. The van der Waals surface area contributed by atoms with Crippen LogP contribution < -0.4 is 10.4 Å². The molecule has 2 aromatic rings. The summed E-state index contributed by atoms with van der Waals surface area (Å²) in [4.78, 5) is 28.1. The molecule has 0 spiro atoms. The quantitative estimate of drug-likeness (QED) is 0.183. The van der Waals surface area contributed by atoms with E-state index in [4.69, 9.17) is 11.6 Å². The fourth-order valence-corrected chi connectivity index (χ4v) is 6.10. The molecule has 5 N–H and O–H groups in total. The molecule has 1 fully saturated rings. The molecular formula is C29H33BClNO7. The number of carbonyl (C=O) groups excluding carboxylic acids is 2. The minimum atomic E-state index is -1.75. The highest BCUT2D eigenvalue weighted by molar-refractivity contribution is 6.58. The number of aromatic hydroxyl groups is 1. The Bertz CT molecular complexity index is 1320. The molecule has 0 saturated carbocycles. The lowest BCUT2D eigenvalue weighted by Crippen LogP contribution is -2.39. The van der Waals surface area contributed by atoms with Gasteiger partial charge in [-0.05, 0) is 79.5 Å². The van der Waals surface area contributed by atoms with Crippen LogP contribution >= 0.6 is 11.6 Å². The number of fused-ring (bicyclic) bond motifs is 1. The fraction of sp³-hybridized carbons (Fsp3) is 0.379. The number of imide groups is 1. The molecule has 2 aliphatic rings. The van der Waals surface area contributed by atoms with Crippen LogP contribution in [0.1, 0.15) is 45.1 Å². The molecular weight excluding hydrogens is 521 g/mol. The molecule has 0 bridgehead atoms. The SMILES string of the molecule is CCC1=C([C@H](O)CC/C(C)=C/c2ccc(O)cc2Cl)[C@H](CO)[C@@H]2C(=O)N(c3cccc(B(O)O)c3)C(=O)[C@@H]2C1. The Morgan fingerprint density at radius 1 is 1.18 bits per heavy atom. The highest BCUT2D eigenvalue weighted by Gasteiger charge is 2.55. The molecule has 1 heterocycles. The maximum Gasteiger partial charge on any atom is 0.488 e. The van der Waals surface area contributed by atoms with Crippen LogP contribution in [0.4, 0.5) is 5.69 Å². The summed E-state index contributed by atoms with van der Waals surface area (Å²) in [7, 11) is -1.75. The molecule has 1 saturated heterocycles. The van der Waals surface area contributed by atoms with E-state index in [1.54, 1.807) is 24.3 Å². The molecule has 10 heteroatoms. The Morgan fingerprint density at radius 2 is 1.92 bits per heavy atom. The van der Waals surface area contributed by atoms with Gasteiger partial charge in [-0.15, -0.1) is 0 Å². The second-order valence-corrected chi connectivity index (χ2v) is 10.7. The van der Waals surface area contributed by atoms with Gasteiger partial charge < -0.3 is 25.4 Å². The highest BCUT2D eigenvalue weighted by Crippen LogP contribution is 2.47. The maximum absolute atomic E-state index is 13.6. The number of hydrogen-bond donors (Lipinski definition) is 5. The lowest BCUT2D eigenvalue weighted by atomic mass is 9.67. The van der Waals surface area contributed by atoms with Crippen LogP contribution in [-0.2, 0) is 9.59 Å². The standard InChI is InChI=1S/C29H33BClNO7/c1-3-17-12-22-27(29(37)32(28(22)36)20-6-4-5-19(13-20)30(38)39)23(15-33)26(17)25(35)10-7-16(2)11-18-8-9-21(34)14-24(18)31/h4-6,8-9,11,13-14,22-23,25,27,33-35,38-39H,3,7,10,12,15H2,1-2H3/b16-11+/t22-,23+,25-,27-/m1/s1. The van der Waals surface area contributed by atoms with E-state index in [2.05, 4.69) is 0 Å². The normalized spacial score (nSPS) is 22.4. The van der Waals surface area contributed by atoms with Crippen LogP contribution in [0, 0.1) is 17.8 Å². The summed E-state index contributed by atoms with van der Waals surface area (Å²) in [5.41, 5.74) is 3.60. The van der Waals surface area contributed by atoms with Crippen LogP contribution in [0.2, 0.25) is 5.02 Å². The fourth-order valence-electron chi connectivity index (χ4n) is 5.87. The van der Waals surface area contributed by atoms with Gasteiger partial charge in [0, 0.05) is 5.92 Å². The summed E-state index contributed by atoms with van der Waals surface area (Å²) in [6, 6.07) is 10.7. The number of halogens is 1. The average Bonchev–Trinajstić information content (AvgIpc) is 3.16. The number of phenols is 1. The number of phenolic OH excluding ortho intramolecular Hbond substituents is 1. The summed E-state index contributed by atoms with van der Waals surface area (Å²) >= 11 is 6.21. The second-order valence-electron chi connectivity index (χ2n) is 10.3. The van der Waals surface area contributed by atoms with Gasteiger partial charge in [0.2, 0.25) is 11.8 Å². The van der Waals surface area contributed by atoms with Gasteiger partial charge in [-0.1, -0.05) is 47.9 Å². The first kappa shape index (κ1) is 29.0. The number of hydrogen-bond acceptors (Lipinski definition) is 7. The molecule has 4 rings (SSSR count). The third-order valence-corrected chi connectivity index (χ3v) is 8.12. The second kappa shape index (κ2) is 12.1. The first-order valence-electron chi connectivity index (χ1n) is 13.1. The Balaban J connectivity index is 1.57. The van der Waals surface area contributed by atoms with Crippen molar-refractivity contribution in [1.82, 2.24) is 0 Å². The minimum Gasteiger partial charge on any atom is -0.508 e. The molecule has 0 aromatic heterocycles. The Labute approximate surface area is 233 Å². The number of rotatable bonds is 9. The predicted octanol–water partition coefficient (Wildman–Crippen LogP) is 2.79. The van der Waals surface area contributed by atoms with Crippen LogP contribution in [0.15, 0.2) is 59.2 Å². The molecule has 2 amide bonds. The van der Waals surface area contributed by atoms with Crippen molar-refractivity contribution in [1.29, 1.82) is 0 Å². The number of anilines is 1. The van der Waals surface area contributed by atoms with Gasteiger partial charge in [0.1, 0.15) is 5.75 Å². The molecule has 1 aliphatic carbocycles. The van der Waals surface area contributed by atoms with Crippen LogP contribution in [0.25, 0.3) is 6.08 Å². The third-order valence-electron chi connectivity index (χ3n) is 7.79. The lowest BCUT2D eigenvalue weighted by Gasteiger charge is -2.36. The monoisotopic (exact) mass is 553 g/mol. The van der Waals surface area contributed by atoms with Crippen molar-refractivity contribution in [3.8, 4) is 5.75 Å². The van der Waals surface area contributed by atoms with Gasteiger partial charge in [0.05, 0.1) is 35.3 Å². The molecule has 206 valence electrons. The van der Waals surface area contributed by atoms with Crippen LogP contribution in [0.3, 0.4) is 0 Å². The van der Waals surface area contributed by atoms with Crippen LogP contribution in [0.5, 0.6) is 5.75 Å². The molecule has 39 heavy (non-hydrogen) atoms. The smallest absolute Gasteiger partial charge is 0.488 e. The zero-order chi connectivity index (χ0) is 28.4. The van der Waals surface area contributed by atoms with Gasteiger partial charge in [-0.3, -0.25) is 14.5 Å². The molecule has 0 radical (unpaired) electrons. The van der Waals surface area contributed by atoms with Crippen molar-refractivity contribution in [2.45, 2.75) is 45.6 Å². The van der Waals surface area contributed by atoms with Crippen molar-refractivity contribution in [3.63, 3.8) is 0 Å². The van der Waals surface area contributed by atoms with Gasteiger partial charge in [-0.25, -0.2) is 0 Å². The van der Waals surface area contributed by atoms with E-state index in [1.165, 1.54) is 18.2 Å². The van der Waals surface area contributed by atoms with Gasteiger partial charge in [0.15, 0.2) is 0 Å². The van der Waals surface area contributed by atoms with Crippen molar-refractivity contribution < 1.29 is 35.0 Å². The summed E-state index contributed by atoms with van der Waals surface area (Å²) in [6.45, 7) is 3.46. The van der Waals surface area contributed by atoms with Crippen molar-refractivity contribution in [2.24, 2.45) is 17.8 Å². The van der Waals surface area contributed by atoms with Crippen molar-refractivity contribution in [3.05, 3.63) is 69.8 Å². The Hall–Kier alpha value is -2.95. The number of nitrogens with zero attached hydrogens (tertiary/aromatic N) is 1. The van der Waals surface area contributed by atoms with Gasteiger partial charge >= 0.3 is 7.12 Å². The summed E-state index contributed by atoms with van der Waals surface area (Å²) in [6.07, 6.45) is 2.73. The van der Waals surface area contributed by atoms with E-state index in [9.17, 15) is 35.0 Å². The highest BCUT2D eigenvalue weighted by atomic mass is 35.5. The lowest BCUT2D eigenvalue weighted by molar-refractivity contribution is -0.123. The maximum atomic E-state index is 13.6. The van der Waals surface area contributed by atoms with E-state index in [0.717, 1.165) is 21.6 Å². The third kappa shape index (κ3) is 5.83. The van der Waals surface area contributed by atoms with E-state index >= 15 is 0 Å². The summed E-state index contributed by atoms with van der Waals surface area (Å²) in [5, 5.41) is 50.8. The predicted molar refractivity (Wildman–Crippen MR) is 150 cm³/mol. The van der Waals surface area contributed by atoms with Crippen molar-refractivity contribution >= 4 is 47.8 Å². The number of aliphatic hydroxyl groups excluding tert-OH is 2. The zero-order valence-corrected chi connectivity index (χ0v) is 22.7. The molecule has 4 atom stereocenters. The summed E-state index contributed by atoms with van der Waals surface area (Å²) in [5.74, 6) is -2.98. The van der Waals surface area contributed by atoms with Crippen LogP contribution in [-0.4, -0.2) is 57.0 Å². The van der Waals surface area contributed by atoms with Gasteiger partial charge in [0.25, 0.3) is 0 Å². The topological polar surface area (TPSA) is 139 Å². The zero-order valence-electron chi connectivity index (χ0n) is 21.9. The van der Waals surface area contributed by atoms with E-state index < -0.39 is 49.4 Å². The first-order valence-corrected chi connectivity index (χ1v) is 13.4. The number of aliphatic hydroxyl groups is 2. The molecule has 1 aliphatic heterocycles. The summed E-state index contributed by atoms with van der Waals surface area (Å²) < 4.78 is 0. The van der Waals surface area contributed by atoms with Gasteiger partial charge in [-0.2, -0.15) is 0 Å². The average molecular weight is 554 g/mol. The number of benzene rings is 2. The van der Waals surface area contributed by atoms with Crippen molar-refractivity contribution in [2.75, 3.05) is 11.5 Å². The van der Waals surface area contributed by atoms with E-state index in [1.807, 2.05) is 19.9 Å². The first-order chi connectivity index (χ1) is 18.6. The molecule has 8 nitrogen and oxygen atoms in total. The largest absolute Gasteiger partial charge is 0.508 e. The van der Waals surface area contributed by atoms with E-state index in [0.29, 0.717) is 36.3 Å². The number of amides is 2. The number of allylic oxidation sites excluding steroid dienone is 2. The number of carbonyl (C=O) groups is 2. The van der Waals surface area contributed by atoms with E-state index in [-0.39, 0.29) is 16.9 Å². The Morgan fingerprint density at radius 3 is 2.56 bits per heavy atom.